The molecule has 0 bridgehead atoms. The van der Waals surface area contributed by atoms with Crippen molar-refractivity contribution in [1.29, 1.82) is 0 Å². The number of amides is 1. The number of nitrogens with two attached hydrogens (primary N) is 1. The molecule has 1 heterocycles. The first-order valence-corrected chi connectivity index (χ1v) is 8.82. The van der Waals surface area contributed by atoms with Crippen LogP contribution in [0.5, 0.6) is 0 Å². The van der Waals surface area contributed by atoms with E-state index in [0.717, 1.165) is 30.8 Å². The summed E-state index contributed by atoms with van der Waals surface area (Å²) >= 11 is 0. The van der Waals surface area contributed by atoms with Crippen LogP contribution in [0.25, 0.3) is 0 Å². The molecule has 3 N–H and O–H groups in total. The predicted molar refractivity (Wildman–Crippen MR) is 107 cm³/mol. The Hall–Kier alpha value is -1.82. The maximum absolute atomic E-state index is 12.2. The van der Waals surface area contributed by atoms with Gasteiger partial charge in [-0.1, -0.05) is 44.5 Å². The standard InChI is InChI=1S/C20H29N3O2.ClH/c1-4-15(2)19(21)20(24)22-12-16-8-5-6-9-17(16)13-23(3)14-18-10-7-11-25-18;/h5-11,15,19H,4,12-14,21H2,1-3H3,(H,22,24);1H. The summed E-state index contributed by atoms with van der Waals surface area (Å²) in [6, 6.07) is 11.6. The third kappa shape index (κ3) is 6.48. The zero-order valence-electron chi connectivity index (χ0n) is 15.8. The van der Waals surface area contributed by atoms with Gasteiger partial charge in [-0.2, -0.15) is 0 Å². The lowest BCUT2D eigenvalue weighted by Gasteiger charge is -2.20. The Labute approximate surface area is 162 Å². The lowest BCUT2D eigenvalue weighted by molar-refractivity contribution is -0.123. The maximum Gasteiger partial charge on any atom is 0.237 e. The highest BCUT2D eigenvalue weighted by Gasteiger charge is 2.19. The van der Waals surface area contributed by atoms with Gasteiger partial charge in [0.1, 0.15) is 5.76 Å². The number of benzene rings is 1. The number of nitrogens with one attached hydrogen (secondary N) is 1. The normalized spacial score (nSPS) is 13.1. The van der Waals surface area contributed by atoms with E-state index in [0.29, 0.717) is 6.54 Å². The first-order chi connectivity index (χ1) is 12.0. The summed E-state index contributed by atoms with van der Waals surface area (Å²) in [5.41, 5.74) is 8.30. The van der Waals surface area contributed by atoms with Crippen LogP contribution in [0.1, 0.15) is 37.2 Å². The molecule has 0 fully saturated rings. The number of rotatable bonds is 9. The molecular formula is C20H30ClN3O2. The zero-order chi connectivity index (χ0) is 18.2. The molecule has 6 heteroatoms. The van der Waals surface area contributed by atoms with E-state index in [9.17, 15) is 4.79 Å². The van der Waals surface area contributed by atoms with Gasteiger partial charge in [0.25, 0.3) is 0 Å². The summed E-state index contributed by atoms with van der Waals surface area (Å²) in [7, 11) is 2.05. The number of carbonyl (C=O) groups excluding carboxylic acids is 1. The second kappa shape index (κ2) is 11.0. The molecule has 0 radical (unpaired) electrons. The smallest absolute Gasteiger partial charge is 0.237 e. The minimum Gasteiger partial charge on any atom is -0.468 e. The first-order valence-electron chi connectivity index (χ1n) is 8.82. The van der Waals surface area contributed by atoms with Crippen LogP contribution in [0.2, 0.25) is 0 Å². The molecule has 1 aromatic heterocycles. The third-order valence-corrected chi connectivity index (χ3v) is 4.58. The second-order valence-corrected chi connectivity index (χ2v) is 6.65. The fourth-order valence-corrected chi connectivity index (χ4v) is 2.71. The number of carbonyl (C=O) groups is 1. The Bertz CT molecular complexity index is 661. The van der Waals surface area contributed by atoms with Crippen molar-refractivity contribution < 1.29 is 9.21 Å². The molecule has 144 valence electrons. The van der Waals surface area contributed by atoms with E-state index < -0.39 is 6.04 Å². The average molecular weight is 380 g/mol. The van der Waals surface area contributed by atoms with Crippen LogP contribution in [0.15, 0.2) is 47.1 Å². The van der Waals surface area contributed by atoms with Gasteiger partial charge in [0.2, 0.25) is 5.91 Å². The summed E-state index contributed by atoms with van der Waals surface area (Å²) in [5, 5.41) is 2.97. The Morgan fingerprint density at radius 2 is 1.88 bits per heavy atom. The summed E-state index contributed by atoms with van der Waals surface area (Å²) < 4.78 is 5.40. The molecule has 2 atom stereocenters. The van der Waals surface area contributed by atoms with E-state index in [2.05, 4.69) is 23.3 Å². The Morgan fingerprint density at radius 3 is 2.50 bits per heavy atom. The van der Waals surface area contributed by atoms with E-state index >= 15 is 0 Å². The summed E-state index contributed by atoms with van der Waals surface area (Å²) in [4.78, 5) is 14.4. The minimum atomic E-state index is -0.459. The predicted octanol–water partition coefficient (Wildman–Crippen LogP) is 3.32. The molecule has 1 amide bonds. The van der Waals surface area contributed by atoms with Crippen molar-refractivity contribution in [2.45, 2.75) is 45.9 Å². The highest BCUT2D eigenvalue weighted by Crippen LogP contribution is 2.14. The van der Waals surface area contributed by atoms with Crippen molar-refractivity contribution in [3.8, 4) is 0 Å². The number of halogens is 1. The summed E-state index contributed by atoms with van der Waals surface area (Å²) in [6.07, 6.45) is 2.58. The number of nitrogens with zero attached hydrogens (tertiary/aromatic N) is 1. The summed E-state index contributed by atoms with van der Waals surface area (Å²) in [5.74, 6) is 1.02. The molecular weight excluding hydrogens is 350 g/mol. The quantitative estimate of drug-likeness (QED) is 0.701. The number of furan rings is 1. The first kappa shape index (κ1) is 22.2. The third-order valence-electron chi connectivity index (χ3n) is 4.58. The van der Waals surface area contributed by atoms with E-state index in [1.54, 1.807) is 6.26 Å². The molecule has 0 aliphatic rings. The van der Waals surface area contributed by atoms with Gasteiger partial charge < -0.3 is 15.5 Å². The van der Waals surface area contributed by atoms with E-state index in [1.807, 2.05) is 44.2 Å². The molecule has 0 spiro atoms. The Kier molecular flexibility index (Phi) is 9.41. The SMILES string of the molecule is CCC(C)C(N)C(=O)NCc1ccccc1CN(C)Cc1ccco1.Cl. The monoisotopic (exact) mass is 379 g/mol. The lowest BCUT2D eigenvalue weighted by atomic mass is 9.99. The fraction of sp³-hybridized carbons (Fsp3) is 0.450. The van der Waals surface area contributed by atoms with Gasteiger partial charge in [0, 0.05) is 13.1 Å². The van der Waals surface area contributed by atoms with Crippen molar-refractivity contribution >= 4 is 18.3 Å². The molecule has 26 heavy (non-hydrogen) atoms. The maximum atomic E-state index is 12.2. The van der Waals surface area contributed by atoms with Gasteiger partial charge >= 0.3 is 0 Å². The molecule has 2 aromatic rings. The van der Waals surface area contributed by atoms with Crippen molar-refractivity contribution in [3.05, 3.63) is 59.5 Å². The number of hydrogen-bond acceptors (Lipinski definition) is 4. The van der Waals surface area contributed by atoms with Crippen molar-refractivity contribution in [1.82, 2.24) is 10.2 Å². The van der Waals surface area contributed by atoms with Gasteiger partial charge in [-0.15, -0.1) is 12.4 Å². The Morgan fingerprint density at radius 1 is 1.19 bits per heavy atom. The van der Waals surface area contributed by atoms with E-state index in [1.165, 1.54) is 5.56 Å². The van der Waals surface area contributed by atoms with E-state index in [-0.39, 0.29) is 24.2 Å². The highest BCUT2D eigenvalue weighted by atomic mass is 35.5. The van der Waals surface area contributed by atoms with Crippen LogP contribution in [0, 0.1) is 5.92 Å². The molecule has 0 aliphatic heterocycles. The fourth-order valence-electron chi connectivity index (χ4n) is 2.71. The van der Waals surface area contributed by atoms with Gasteiger partial charge in [-0.3, -0.25) is 9.69 Å². The van der Waals surface area contributed by atoms with Crippen LogP contribution in [-0.2, 0) is 24.4 Å². The summed E-state index contributed by atoms with van der Waals surface area (Å²) in [6.45, 7) is 6.06. The number of hydrogen-bond donors (Lipinski definition) is 2. The zero-order valence-corrected chi connectivity index (χ0v) is 16.6. The molecule has 0 saturated heterocycles. The van der Waals surface area contributed by atoms with Crippen LogP contribution in [-0.4, -0.2) is 23.9 Å². The average Bonchev–Trinajstić information content (AvgIpc) is 3.12. The van der Waals surface area contributed by atoms with Crippen LogP contribution < -0.4 is 11.1 Å². The molecule has 0 aliphatic carbocycles. The largest absolute Gasteiger partial charge is 0.468 e. The van der Waals surface area contributed by atoms with Crippen molar-refractivity contribution in [2.24, 2.45) is 11.7 Å². The van der Waals surface area contributed by atoms with Crippen LogP contribution >= 0.6 is 12.4 Å². The van der Waals surface area contributed by atoms with Gasteiger partial charge in [0.05, 0.1) is 18.8 Å². The highest BCUT2D eigenvalue weighted by molar-refractivity contribution is 5.85. The topological polar surface area (TPSA) is 71.5 Å². The Balaban J connectivity index is 0.00000338. The van der Waals surface area contributed by atoms with Crippen LogP contribution in [0.4, 0.5) is 0 Å². The van der Waals surface area contributed by atoms with E-state index in [4.69, 9.17) is 10.2 Å². The minimum absolute atomic E-state index is 0. The van der Waals surface area contributed by atoms with Crippen molar-refractivity contribution in [3.63, 3.8) is 0 Å². The molecule has 2 rings (SSSR count). The van der Waals surface area contributed by atoms with Crippen molar-refractivity contribution in [2.75, 3.05) is 7.05 Å². The lowest BCUT2D eigenvalue weighted by Crippen LogP contribution is -2.44. The molecule has 2 unspecified atom stereocenters. The van der Waals surface area contributed by atoms with Gasteiger partial charge in [-0.05, 0) is 36.2 Å². The molecule has 1 aromatic carbocycles. The molecule has 0 saturated carbocycles. The van der Waals surface area contributed by atoms with Gasteiger partial charge in [0.15, 0.2) is 0 Å². The van der Waals surface area contributed by atoms with Gasteiger partial charge in [-0.25, -0.2) is 0 Å². The second-order valence-electron chi connectivity index (χ2n) is 6.65. The molecule has 5 nitrogen and oxygen atoms in total. The van der Waals surface area contributed by atoms with Crippen LogP contribution in [0.3, 0.4) is 0 Å².